The predicted octanol–water partition coefficient (Wildman–Crippen LogP) is 0.0514. The van der Waals surface area contributed by atoms with Crippen molar-refractivity contribution in [2.75, 3.05) is 25.3 Å². The van der Waals surface area contributed by atoms with Crippen LogP contribution in [0.5, 0.6) is 11.8 Å². The molecule has 9 heteroatoms. The fourth-order valence-corrected chi connectivity index (χ4v) is 1.31. The molecule has 2 aromatic rings. The second-order valence-corrected chi connectivity index (χ2v) is 3.43. The molecule has 0 aliphatic carbocycles. The number of anilines is 2. The zero-order valence-electron chi connectivity index (χ0n) is 10.3. The molecular formula is C10H12N6O3. The molecule has 4 N–H and O–H groups in total. The van der Waals surface area contributed by atoms with Crippen LogP contribution in [0.25, 0.3) is 0 Å². The maximum atomic E-state index is 11.9. The molecule has 19 heavy (non-hydrogen) atoms. The summed E-state index contributed by atoms with van der Waals surface area (Å²) in [5.74, 6) is 0.0555. The first kappa shape index (κ1) is 12.6. The number of hydrogen-bond donors (Lipinski definition) is 3. The van der Waals surface area contributed by atoms with Crippen molar-refractivity contribution < 1.29 is 14.3 Å². The Hall–Kier alpha value is -2.84. The van der Waals surface area contributed by atoms with Crippen LogP contribution in [-0.4, -0.2) is 40.3 Å². The van der Waals surface area contributed by atoms with Crippen LogP contribution in [0.1, 0.15) is 10.5 Å². The molecule has 0 unspecified atom stereocenters. The molecule has 0 saturated heterocycles. The molecule has 0 radical (unpaired) electrons. The number of nitrogens with zero attached hydrogens (tertiary/aromatic N) is 3. The number of rotatable bonds is 4. The quantitative estimate of drug-likeness (QED) is 0.711. The number of amides is 1. The average Bonchev–Trinajstić information content (AvgIpc) is 2.84. The monoisotopic (exact) mass is 264 g/mol. The SMILES string of the molecule is COc1cc(OC)nc(NC(=O)c2[nH]ncc2N)n1. The Morgan fingerprint density at radius 1 is 1.32 bits per heavy atom. The minimum absolute atomic E-state index is 0.0372. The van der Waals surface area contributed by atoms with Gasteiger partial charge in [0.2, 0.25) is 17.7 Å². The largest absolute Gasteiger partial charge is 0.481 e. The van der Waals surface area contributed by atoms with Crippen molar-refractivity contribution in [1.29, 1.82) is 0 Å². The number of nitrogen functional groups attached to an aromatic ring is 1. The summed E-state index contributed by atoms with van der Waals surface area (Å²) in [5, 5.41) is 8.59. The first-order chi connectivity index (χ1) is 9.13. The minimum Gasteiger partial charge on any atom is -0.481 e. The summed E-state index contributed by atoms with van der Waals surface area (Å²) < 4.78 is 9.93. The van der Waals surface area contributed by atoms with E-state index in [4.69, 9.17) is 15.2 Å². The van der Waals surface area contributed by atoms with Gasteiger partial charge in [0.15, 0.2) is 0 Å². The number of hydrogen-bond acceptors (Lipinski definition) is 7. The fraction of sp³-hybridized carbons (Fsp3) is 0.200. The van der Waals surface area contributed by atoms with E-state index < -0.39 is 5.91 Å². The van der Waals surface area contributed by atoms with E-state index in [1.54, 1.807) is 0 Å². The molecule has 2 aromatic heterocycles. The molecule has 0 saturated carbocycles. The number of H-pyrrole nitrogens is 1. The third kappa shape index (κ3) is 2.70. The van der Waals surface area contributed by atoms with Gasteiger partial charge < -0.3 is 15.2 Å². The lowest BCUT2D eigenvalue weighted by Crippen LogP contribution is -2.16. The Morgan fingerprint density at radius 2 is 1.95 bits per heavy atom. The highest BCUT2D eigenvalue weighted by Crippen LogP contribution is 2.18. The Labute approximate surface area is 108 Å². The summed E-state index contributed by atoms with van der Waals surface area (Å²) in [5.41, 5.74) is 5.92. The third-order valence-electron chi connectivity index (χ3n) is 2.22. The normalized spacial score (nSPS) is 10.0. The maximum absolute atomic E-state index is 11.9. The van der Waals surface area contributed by atoms with Gasteiger partial charge in [0.05, 0.1) is 32.2 Å². The topological polar surface area (TPSA) is 128 Å². The highest BCUT2D eigenvalue weighted by Gasteiger charge is 2.14. The molecule has 0 atom stereocenters. The molecule has 9 nitrogen and oxygen atoms in total. The molecule has 2 heterocycles. The van der Waals surface area contributed by atoms with E-state index in [2.05, 4.69) is 25.5 Å². The van der Waals surface area contributed by atoms with E-state index in [-0.39, 0.29) is 29.1 Å². The van der Waals surface area contributed by atoms with Crippen LogP contribution < -0.4 is 20.5 Å². The van der Waals surface area contributed by atoms with Gasteiger partial charge in [-0.1, -0.05) is 0 Å². The van der Waals surface area contributed by atoms with Crippen molar-refractivity contribution in [1.82, 2.24) is 20.2 Å². The Morgan fingerprint density at radius 3 is 2.42 bits per heavy atom. The lowest BCUT2D eigenvalue weighted by Gasteiger charge is -2.07. The number of carbonyl (C=O) groups is 1. The van der Waals surface area contributed by atoms with Gasteiger partial charge in [-0.2, -0.15) is 15.1 Å². The van der Waals surface area contributed by atoms with Crippen molar-refractivity contribution in [2.45, 2.75) is 0 Å². The number of ether oxygens (including phenoxy) is 2. The second-order valence-electron chi connectivity index (χ2n) is 3.43. The first-order valence-electron chi connectivity index (χ1n) is 5.21. The smallest absolute Gasteiger partial charge is 0.278 e. The molecule has 0 aliphatic heterocycles. The Bertz CT molecular complexity index is 574. The van der Waals surface area contributed by atoms with E-state index in [1.165, 1.54) is 26.5 Å². The summed E-state index contributed by atoms with van der Waals surface area (Å²) in [4.78, 5) is 19.8. The summed E-state index contributed by atoms with van der Waals surface area (Å²) >= 11 is 0. The third-order valence-corrected chi connectivity index (χ3v) is 2.22. The number of nitrogens with one attached hydrogen (secondary N) is 2. The van der Waals surface area contributed by atoms with E-state index in [9.17, 15) is 4.79 Å². The van der Waals surface area contributed by atoms with Gasteiger partial charge >= 0.3 is 0 Å². The van der Waals surface area contributed by atoms with Gasteiger partial charge in [-0.3, -0.25) is 15.2 Å². The van der Waals surface area contributed by atoms with E-state index >= 15 is 0 Å². The van der Waals surface area contributed by atoms with Crippen molar-refractivity contribution in [3.05, 3.63) is 18.0 Å². The zero-order chi connectivity index (χ0) is 13.8. The molecule has 100 valence electrons. The van der Waals surface area contributed by atoms with Crippen molar-refractivity contribution in [3.8, 4) is 11.8 Å². The summed E-state index contributed by atoms with van der Waals surface area (Å²) in [7, 11) is 2.89. The van der Waals surface area contributed by atoms with Crippen molar-refractivity contribution in [2.24, 2.45) is 0 Å². The van der Waals surface area contributed by atoms with Gasteiger partial charge in [0.25, 0.3) is 5.91 Å². The Kier molecular flexibility index (Phi) is 3.46. The molecule has 0 aromatic carbocycles. The summed E-state index contributed by atoms with van der Waals surface area (Å²) in [6.45, 7) is 0. The Balaban J connectivity index is 2.23. The minimum atomic E-state index is -0.509. The van der Waals surface area contributed by atoms with Crippen LogP contribution in [0.4, 0.5) is 11.6 Å². The molecular weight excluding hydrogens is 252 g/mol. The van der Waals surface area contributed by atoms with Crippen molar-refractivity contribution in [3.63, 3.8) is 0 Å². The molecule has 2 rings (SSSR count). The number of aromatic amines is 1. The number of methoxy groups -OCH3 is 2. The van der Waals surface area contributed by atoms with E-state index in [0.29, 0.717) is 0 Å². The maximum Gasteiger partial charge on any atom is 0.278 e. The summed E-state index contributed by atoms with van der Waals surface area (Å²) in [6.07, 6.45) is 1.34. The van der Waals surface area contributed by atoms with Gasteiger partial charge in [0, 0.05) is 0 Å². The van der Waals surface area contributed by atoms with Gasteiger partial charge in [-0.15, -0.1) is 0 Å². The van der Waals surface area contributed by atoms with Crippen LogP contribution in [0, 0.1) is 0 Å². The molecule has 0 spiro atoms. The number of aromatic nitrogens is 4. The van der Waals surface area contributed by atoms with E-state index in [1.807, 2.05) is 0 Å². The van der Waals surface area contributed by atoms with Crippen LogP contribution in [0.2, 0.25) is 0 Å². The number of carbonyl (C=O) groups excluding carboxylic acids is 1. The number of nitrogens with two attached hydrogens (primary N) is 1. The predicted molar refractivity (Wildman–Crippen MR) is 66.1 cm³/mol. The standard InChI is InChI=1S/C10H12N6O3/c1-18-6-3-7(19-2)14-10(13-6)15-9(17)8-5(11)4-12-16-8/h3-4H,11H2,1-2H3,(H,12,16)(H,13,14,15,17). The summed E-state index contributed by atoms with van der Waals surface area (Å²) in [6, 6.07) is 1.49. The highest BCUT2D eigenvalue weighted by atomic mass is 16.5. The van der Waals surface area contributed by atoms with Crippen LogP contribution in [0.15, 0.2) is 12.3 Å². The lowest BCUT2D eigenvalue weighted by atomic mass is 10.3. The van der Waals surface area contributed by atoms with E-state index in [0.717, 1.165) is 0 Å². The van der Waals surface area contributed by atoms with Crippen molar-refractivity contribution >= 4 is 17.5 Å². The fourth-order valence-electron chi connectivity index (χ4n) is 1.31. The average molecular weight is 264 g/mol. The van der Waals surface area contributed by atoms with Gasteiger partial charge in [-0.25, -0.2) is 0 Å². The van der Waals surface area contributed by atoms with Gasteiger partial charge in [0.1, 0.15) is 5.69 Å². The highest BCUT2D eigenvalue weighted by molar-refractivity contribution is 6.05. The molecule has 1 amide bonds. The lowest BCUT2D eigenvalue weighted by molar-refractivity contribution is 0.102. The van der Waals surface area contributed by atoms with Crippen LogP contribution >= 0.6 is 0 Å². The van der Waals surface area contributed by atoms with Crippen LogP contribution in [-0.2, 0) is 0 Å². The zero-order valence-corrected chi connectivity index (χ0v) is 10.3. The van der Waals surface area contributed by atoms with Crippen LogP contribution in [0.3, 0.4) is 0 Å². The van der Waals surface area contributed by atoms with Gasteiger partial charge in [-0.05, 0) is 0 Å². The molecule has 0 bridgehead atoms. The second kappa shape index (κ2) is 5.21. The first-order valence-corrected chi connectivity index (χ1v) is 5.21. The molecule has 0 aliphatic rings. The molecule has 0 fully saturated rings.